The summed E-state index contributed by atoms with van der Waals surface area (Å²) < 4.78 is 28.7. The zero-order valence-corrected chi connectivity index (χ0v) is 21.4. The Morgan fingerprint density at radius 2 is 1.47 bits per heavy atom. The molecular formula is C26H35N3O4S. The minimum absolute atomic E-state index is 0.0542. The molecule has 3 N–H and O–H groups in total. The summed E-state index contributed by atoms with van der Waals surface area (Å²) in [6.45, 7) is 9.39. The van der Waals surface area contributed by atoms with Gasteiger partial charge in [-0.3, -0.25) is 9.59 Å². The van der Waals surface area contributed by atoms with E-state index in [-0.39, 0.29) is 35.7 Å². The zero-order chi connectivity index (χ0) is 25.0. The van der Waals surface area contributed by atoms with E-state index in [1.54, 1.807) is 0 Å². The van der Waals surface area contributed by atoms with Gasteiger partial charge in [-0.25, -0.2) is 13.1 Å². The van der Waals surface area contributed by atoms with Crippen molar-refractivity contribution in [1.29, 1.82) is 0 Å². The minimum Gasteiger partial charge on any atom is -0.352 e. The largest absolute Gasteiger partial charge is 0.352 e. The molecule has 1 atom stereocenters. The molecule has 1 aliphatic carbocycles. The molecule has 2 amide bonds. The first-order valence-corrected chi connectivity index (χ1v) is 13.2. The van der Waals surface area contributed by atoms with E-state index in [4.69, 9.17) is 0 Å². The molecule has 2 aromatic carbocycles. The lowest BCUT2D eigenvalue weighted by Gasteiger charge is -2.20. The number of rotatable bonds is 10. The Hall–Kier alpha value is -2.71. The number of hydrogen-bond donors (Lipinski definition) is 3. The van der Waals surface area contributed by atoms with Gasteiger partial charge in [-0.05, 0) is 80.8 Å². The van der Waals surface area contributed by atoms with Crippen LogP contribution < -0.4 is 15.4 Å². The smallest absolute Gasteiger partial charge is 0.243 e. The van der Waals surface area contributed by atoms with E-state index < -0.39 is 16.1 Å². The van der Waals surface area contributed by atoms with Crippen LogP contribution in [0.2, 0.25) is 0 Å². The lowest BCUT2D eigenvalue weighted by Crippen LogP contribution is -2.49. The Bertz CT molecular complexity index is 1140. The standard InChI is InChI=1S/C26H35N3O4S/c1-16-17(2)19(4)25(20(5)18(16)3)34(32,33)27-14-13-24(30)29-23(26(31)28-22-11-12-22)15-21-9-7-6-8-10-21/h6-10,22-23,27H,11-15H2,1-5H3,(H,28,31)(H,29,30). The highest BCUT2D eigenvalue weighted by Crippen LogP contribution is 2.29. The molecule has 1 fully saturated rings. The third kappa shape index (κ3) is 6.24. The van der Waals surface area contributed by atoms with Crippen LogP contribution in [0.25, 0.3) is 0 Å². The van der Waals surface area contributed by atoms with E-state index in [1.807, 2.05) is 65.0 Å². The van der Waals surface area contributed by atoms with Gasteiger partial charge in [0.2, 0.25) is 21.8 Å². The van der Waals surface area contributed by atoms with Crippen molar-refractivity contribution in [3.63, 3.8) is 0 Å². The number of carbonyl (C=O) groups excluding carboxylic acids is 2. The fourth-order valence-electron chi connectivity index (χ4n) is 4.09. The van der Waals surface area contributed by atoms with Gasteiger partial charge >= 0.3 is 0 Å². The molecular weight excluding hydrogens is 450 g/mol. The molecule has 0 saturated heterocycles. The first kappa shape index (κ1) is 25.9. The Balaban J connectivity index is 1.64. The van der Waals surface area contributed by atoms with Crippen LogP contribution in [0.3, 0.4) is 0 Å². The predicted octanol–water partition coefficient (Wildman–Crippen LogP) is 2.90. The van der Waals surface area contributed by atoms with Gasteiger partial charge in [-0.15, -0.1) is 0 Å². The number of hydrogen-bond acceptors (Lipinski definition) is 4. The van der Waals surface area contributed by atoms with Crippen molar-refractivity contribution >= 4 is 21.8 Å². The summed E-state index contributed by atoms with van der Waals surface area (Å²) in [5, 5.41) is 5.73. The first-order chi connectivity index (χ1) is 16.0. The summed E-state index contributed by atoms with van der Waals surface area (Å²) in [7, 11) is -3.79. The van der Waals surface area contributed by atoms with Crippen LogP contribution in [0.1, 0.15) is 52.6 Å². The molecule has 2 aromatic rings. The van der Waals surface area contributed by atoms with Gasteiger partial charge in [0.1, 0.15) is 6.04 Å². The van der Waals surface area contributed by atoms with Gasteiger partial charge in [0.05, 0.1) is 4.90 Å². The summed E-state index contributed by atoms with van der Waals surface area (Å²) in [5.41, 5.74) is 5.37. The van der Waals surface area contributed by atoms with Crippen LogP contribution in [0.15, 0.2) is 35.2 Å². The molecule has 0 aliphatic heterocycles. The third-order valence-corrected chi connectivity index (χ3v) is 8.44. The highest BCUT2D eigenvalue weighted by atomic mass is 32.2. The van der Waals surface area contributed by atoms with Crippen molar-refractivity contribution in [3.05, 3.63) is 63.7 Å². The van der Waals surface area contributed by atoms with Crippen molar-refractivity contribution in [2.45, 2.75) is 77.3 Å². The molecule has 8 heteroatoms. The average Bonchev–Trinajstić information content (AvgIpc) is 3.60. The van der Waals surface area contributed by atoms with E-state index in [0.717, 1.165) is 46.2 Å². The Labute approximate surface area is 202 Å². The second kappa shape index (κ2) is 10.7. The zero-order valence-electron chi connectivity index (χ0n) is 20.6. The lowest BCUT2D eigenvalue weighted by molar-refractivity contribution is -0.129. The van der Waals surface area contributed by atoms with Crippen LogP contribution in [0, 0.1) is 34.6 Å². The van der Waals surface area contributed by atoms with Crippen molar-refractivity contribution in [1.82, 2.24) is 15.4 Å². The SMILES string of the molecule is Cc1c(C)c(C)c(S(=O)(=O)NCCC(=O)NC(Cc2ccccc2)C(=O)NC2CC2)c(C)c1C. The Morgan fingerprint density at radius 3 is 2.03 bits per heavy atom. The van der Waals surface area contributed by atoms with Crippen molar-refractivity contribution in [2.24, 2.45) is 0 Å². The Morgan fingerprint density at radius 1 is 0.912 bits per heavy atom. The molecule has 0 radical (unpaired) electrons. The molecule has 34 heavy (non-hydrogen) atoms. The summed E-state index contributed by atoms with van der Waals surface area (Å²) >= 11 is 0. The highest BCUT2D eigenvalue weighted by molar-refractivity contribution is 7.89. The van der Waals surface area contributed by atoms with E-state index in [2.05, 4.69) is 15.4 Å². The lowest BCUT2D eigenvalue weighted by atomic mass is 9.95. The molecule has 7 nitrogen and oxygen atoms in total. The topological polar surface area (TPSA) is 104 Å². The van der Waals surface area contributed by atoms with Crippen LogP contribution in [-0.2, 0) is 26.0 Å². The summed E-state index contributed by atoms with van der Waals surface area (Å²) in [5.74, 6) is -0.587. The van der Waals surface area contributed by atoms with E-state index in [0.29, 0.717) is 6.42 Å². The summed E-state index contributed by atoms with van der Waals surface area (Å²) in [4.78, 5) is 25.6. The summed E-state index contributed by atoms with van der Waals surface area (Å²) in [6, 6.07) is 8.97. The number of sulfonamides is 1. The monoisotopic (exact) mass is 485 g/mol. The van der Waals surface area contributed by atoms with Gasteiger partial charge in [-0.1, -0.05) is 30.3 Å². The number of amides is 2. The fourth-order valence-corrected chi connectivity index (χ4v) is 5.72. The van der Waals surface area contributed by atoms with Crippen molar-refractivity contribution < 1.29 is 18.0 Å². The van der Waals surface area contributed by atoms with Crippen LogP contribution in [0.5, 0.6) is 0 Å². The van der Waals surface area contributed by atoms with Crippen LogP contribution in [0.4, 0.5) is 0 Å². The number of nitrogens with one attached hydrogen (secondary N) is 3. The Kier molecular flexibility index (Phi) is 8.15. The van der Waals surface area contributed by atoms with E-state index >= 15 is 0 Å². The van der Waals surface area contributed by atoms with Gasteiger partial charge in [0.15, 0.2) is 0 Å². The normalized spacial score (nSPS) is 14.5. The van der Waals surface area contributed by atoms with Gasteiger partial charge in [0, 0.05) is 25.4 Å². The average molecular weight is 486 g/mol. The molecule has 1 unspecified atom stereocenters. The predicted molar refractivity (Wildman–Crippen MR) is 133 cm³/mol. The van der Waals surface area contributed by atoms with Crippen molar-refractivity contribution in [2.75, 3.05) is 6.54 Å². The molecule has 184 valence electrons. The third-order valence-electron chi connectivity index (χ3n) is 6.70. The molecule has 0 spiro atoms. The number of carbonyl (C=O) groups is 2. The second-order valence-corrected chi connectivity index (χ2v) is 10.9. The highest BCUT2D eigenvalue weighted by Gasteiger charge is 2.29. The van der Waals surface area contributed by atoms with Crippen LogP contribution in [-0.4, -0.2) is 38.9 Å². The fraction of sp³-hybridized carbons (Fsp3) is 0.462. The first-order valence-electron chi connectivity index (χ1n) is 11.7. The number of benzene rings is 2. The van der Waals surface area contributed by atoms with Gasteiger partial charge in [-0.2, -0.15) is 0 Å². The van der Waals surface area contributed by atoms with E-state index in [1.165, 1.54) is 0 Å². The molecule has 1 saturated carbocycles. The van der Waals surface area contributed by atoms with Crippen LogP contribution >= 0.6 is 0 Å². The molecule has 3 rings (SSSR count). The van der Waals surface area contributed by atoms with Gasteiger partial charge < -0.3 is 10.6 Å². The second-order valence-electron chi connectivity index (χ2n) is 9.19. The van der Waals surface area contributed by atoms with E-state index in [9.17, 15) is 18.0 Å². The summed E-state index contributed by atoms with van der Waals surface area (Å²) in [6.07, 6.45) is 2.22. The maximum Gasteiger partial charge on any atom is 0.243 e. The molecule has 0 heterocycles. The van der Waals surface area contributed by atoms with Crippen molar-refractivity contribution in [3.8, 4) is 0 Å². The minimum atomic E-state index is -3.79. The van der Waals surface area contributed by atoms with Gasteiger partial charge in [0.25, 0.3) is 0 Å². The molecule has 1 aliphatic rings. The quantitative estimate of drug-likeness (QED) is 0.481. The molecule has 0 aromatic heterocycles. The molecule has 0 bridgehead atoms. The maximum absolute atomic E-state index is 13.1. The maximum atomic E-state index is 13.1.